The van der Waals surface area contributed by atoms with Gasteiger partial charge in [-0.1, -0.05) is 61.9 Å². The van der Waals surface area contributed by atoms with Crippen LogP contribution in [0.25, 0.3) is 0 Å². The molecule has 2 amide bonds. The van der Waals surface area contributed by atoms with Crippen molar-refractivity contribution in [3.63, 3.8) is 0 Å². The van der Waals surface area contributed by atoms with E-state index in [9.17, 15) is 18.0 Å². The molecule has 0 heterocycles. The summed E-state index contributed by atoms with van der Waals surface area (Å²) in [6, 6.07) is 14.0. The second kappa shape index (κ2) is 11.3. The van der Waals surface area contributed by atoms with E-state index in [1.54, 1.807) is 13.0 Å². The van der Waals surface area contributed by atoms with Gasteiger partial charge in [-0.25, -0.2) is 8.42 Å². The van der Waals surface area contributed by atoms with Crippen LogP contribution in [0.4, 0.5) is 5.69 Å². The van der Waals surface area contributed by atoms with E-state index in [4.69, 9.17) is 0 Å². The van der Waals surface area contributed by atoms with Crippen molar-refractivity contribution in [1.82, 2.24) is 10.2 Å². The minimum Gasteiger partial charge on any atom is -0.354 e. The van der Waals surface area contributed by atoms with E-state index >= 15 is 0 Å². The first-order chi connectivity index (χ1) is 15.4. The van der Waals surface area contributed by atoms with Gasteiger partial charge in [-0.05, 0) is 43.9 Å². The van der Waals surface area contributed by atoms with Gasteiger partial charge >= 0.3 is 0 Å². The maximum Gasteiger partial charge on any atom is 0.244 e. The molecule has 1 N–H and O–H groups in total. The Morgan fingerprint density at radius 1 is 1.00 bits per heavy atom. The highest BCUT2D eigenvalue weighted by atomic mass is 32.2. The minimum absolute atomic E-state index is 0.195. The first-order valence-corrected chi connectivity index (χ1v) is 12.9. The van der Waals surface area contributed by atoms with Crippen LogP contribution >= 0.6 is 0 Å². The predicted molar refractivity (Wildman–Crippen MR) is 132 cm³/mol. The molecular weight excluding hydrogens is 438 g/mol. The highest BCUT2D eigenvalue weighted by Crippen LogP contribution is 2.24. The molecule has 2 rings (SSSR count). The highest BCUT2D eigenvalue weighted by molar-refractivity contribution is 7.92. The lowest BCUT2D eigenvalue weighted by atomic mass is 10.1. The minimum atomic E-state index is -3.74. The van der Waals surface area contributed by atoms with Crippen LogP contribution in [0.1, 0.15) is 37.5 Å². The van der Waals surface area contributed by atoms with Crippen molar-refractivity contribution >= 4 is 27.5 Å². The van der Waals surface area contributed by atoms with Crippen molar-refractivity contribution in [2.24, 2.45) is 5.92 Å². The van der Waals surface area contributed by atoms with Crippen molar-refractivity contribution in [2.45, 2.75) is 47.2 Å². The van der Waals surface area contributed by atoms with Gasteiger partial charge in [0, 0.05) is 13.1 Å². The van der Waals surface area contributed by atoms with Crippen LogP contribution < -0.4 is 9.62 Å². The zero-order valence-electron chi connectivity index (χ0n) is 20.3. The summed E-state index contributed by atoms with van der Waals surface area (Å²) < 4.78 is 26.4. The number of hydrogen-bond donors (Lipinski definition) is 1. The fraction of sp³-hybridized carbons (Fsp3) is 0.440. The number of nitrogens with zero attached hydrogens (tertiary/aromatic N) is 2. The van der Waals surface area contributed by atoms with Crippen molar-refractivity contribution in [2.75, 3.05) is 23.7 Å². The van der Waals surface area contributed by atoms with Crippen LogP contribution in [-0.4, -0.2) is 50.5 Å². The Bertz CT molecular complexity index is 1070. The zero-order chi connectivity index (χ0) is 24.8. The van der Waals surface area contributed by atoms with Gasteiger partial charge in [-0.3, -0.25) is 13.9 Å². The van der Waals surface area contributed by atoms with Crippen molar-refractivity contribution in [3.8, 4) is 0 Å². The maximum atomic E-state index is 13.5. The lowest BCUT2D eigenvalue weighted by Crippen LogP contribution is -2.51. The zero-order valence-corrected chi connectivity index (χ0v) is 21.1. The normalized spacial score (nSPS) is 12.3. The summed E-state index contributed by atoms with van der Waals surface area (Å²) in [6.45, 7) is 9.68. The Morgan fingerprint density at radius 2 is 1.64 bits per heavy atom. The smallest absolute Gasteiger partial charge is 0.244 e. The first kappa shape index (κ1) is 26.4. The molecule has 180 valence electrons. The summed E-state index contributed by atoms with van der Waals surface area (Å²) in [4.78, 5) is 27.7. The average Bonchev–Trinajstić information content (AvgIpc) is 2.74. The van der Waals surface area contributed by atoms with Crippen LogP contribution in [0, 0.1) is 19.8 Å². The number of rotatable bonds is 10. The van der Waals surface area contributed by atoms with Crippen molar-refractivity contribution < 1.29 is 18.0 Å². The fourth-order valence-electron chi connectivity index (χ4n) is 3.50. The summed E-state index contributed by atoms with van der Waals surface area (Å²) in [7, 11) is -3.74. The number of benzene rings is 2. The molecule has 0 aliphatic carbocycles. The molecule has 0 saturated heterocycles. The molecule has 2 aromatic rings. The molecule has 0 aliphatic heterocycles. The lowest BCUT2D eigenvalue weighted by Gasteiger charge is -2.32. The number of anilines is 1. The Hall–Kier alpha value is -2.87. The molecule has 0 fully saturated rings. The maximum absolute atomic E-state index is 13.5. The summed E-state index contributed by atoms with van der Waals surface area (Å²) in [5.74, 6) is -0.452. The van der Waals surface area contributed by atoms with Gasteiger partial charge in [0.2, 0.25) is 21.8 Å². The number of carbonyl (C=O) groups is 2. The van der Waals surface area contributed by atoms with E-state index in [1.165, 1.54) is 4.90 Å². The van der Waals surface area contributed by atoms with Crippen LogP contribution in [0.2, 0.25) is 0 Å². The summed E-state index contributed by atoms with van der Waals surface area (Å²) in [5, 5.41) is 2.87. The van der Waals surface area contributed by atoms with Crippen LogP contribution in [0.15, 0.2) is 48.5 Å². The number of hydrogen-bond acceptors (Lipinski definition) is 4. The quantitative estimate of drug-likeness (QED) is 0.574. The Balaban J connectivity index is 2.37. The average molecular weight is 474 g/mol. The Morgan fingerprint density at radius 3 is 2.18 bits per heavy atom. The standard InChI is InChI=1S/C25H35N3O4S/c1-18(2)15-26-25(30)21(5)27(16-22-10-8-7-9-11-22)24(29)17-28(33(6,31)32)23-13-12-19(3)14-20(23)4/h7-14,18,21H,15-17H2,1-6H3,(H,26,30)/t21-/m0/s1. The van der Waals surface area contributed by atoms with E-state index in [1.807, 2.05) is 70.2 Å². The number of carbonyl (C=O) groups excluding carboxylic acids is 2. The molecule has 0 spiro atoms. The molecule has 0 radical (unpaired) electrons. The van der Waals surface area contributed by atoms with Crippen molar-refractivity contribution in [3.05, 3.63) is 65.2 Å². The van der Waals surface area contributed by atoms with Crippen molar-refractivity contribution in [1.29, 1.82) is 0 Å². The Labute approximate surface area is 197 Å². The van der Waals surface area contributed by atoms with Gasteiger partial charge in [0.05, 0.1) is 11.9 Å². The lowest BCUT2D eigenvalue weighted by molar-refractivity contribution is -0.139. The number of sulfonamides is 1. The molecule has 7 nitrogen and oxygen atoms in total. The van der Waals surface area contributed by atoms with Gasteiger partial charge in [0.15, 0.2) is 0 Å². The van der Waals surface area contributed by atoms with Gasteiger partial charge in [0.1, 0.15) is 12.6 Å². The van der Waals surface area contributed by atoms with E-state index < -0.39 is 28.5 Å². The molecule has 0 bridgehead atoms. The number of amides is 2. The van der Waals surface area contributed by atoms with E-state index in [-0.39, 0.29) is 18.4 Å². The van der Waals surface area contributed by atoms with Crippen LogP contribution in [-0.2, 0) is 26.2 Å². The molecule has 1 atom stereocenters. The predicted octanol–water partition coefficient (Wildman–Crippen LogP) is 3.26. The van der Waals surface area contributed by atoms with Gasteiger partial charge in [-0.2, -0.15) is 0 Å². The van der Waals surface area contributed by atoms with Gasteiger partial charge < -0.3 is 10.2 Å². The second-order valence-corrected chi connectivity index (χ2v) is 10.8. The third kappa shape index (κ3) is 7.60. The highest BCUT2D eigenvalue weighted by Gasteiger charge is 2.30. The van der Waals surface area contributed by atoms with Crippen LogP contribution in [0.5, 0.6) is 0 Å². The second-order valence-electron chi connectivity index (χ2n) is 8.88. The molecule has 0 aliphatic rings. The van der Waals surface area contributed by atoms with Crippen LogP contribution in [0.3, 0.4) is 0 Å². The summed E-state index contributed by atoms with van der Waals surface area (Å²) >= 11 is 0. The molecule has 0 unspecified atom stereocenters. The topological polar surface area (TPSA) is 86.8 Å². The fourth-order valence-corrected chi connectivity index (χ4v) is 4.40. The van der Waals surface area contributed by atoms with Gasteiger partial charge in [-0.15, -0.1) is 0 Å². The van der Waals surface area contributed by atoms with E-state index in [0.29, 0.717) is 12.2 Å². The first-order valence-electron chi connectivity index (χ1n) is 11.1. The molecule has 0 aromatic heterocycles. The molecule has 33 heavy (non-hydrogen) atoms. The molecule has 2 aromatic carbocycles. The number of aryl methyl sites for hydroxylation is 2. The van der Waals surface area contributed by atoms with E-state index in [2.05, 4.69) is 5.32 Å². The summed E-state index contributed by atoms with van der Waals surface area (Å²) in [6.07, 6.45) is 1.08. The third-order valence-electron chi connectivity index (χ3n) is 5.35. The molecule has 8 heteroatoms. The Kier molecular flexibility index (Phi) is 9.05. The van der Waals surface area contributed by atoms with Gasteiger partial charge in [0.25, 0.3) is 0 Å². The molecule has 0 saturated carbocycles. The third-order valence-corrected chi connectivity index (χ3v) is 6.47. The monoisotopic (exact) mass is 473 g/mol. The van der Waals surface area contributed by atoms with E-state index in [0.717, 1.165) is 27.3 Å². The molecular formula is C25H35N3O4S. The number of nitrogens with one attached hydrogen (secondary N) is 1. The summed E-state index contributed by atoms with van der Waals surface area (Å²) in [5.41, 5.74) is 3.06. The largest absolute Gasteiger partial charge is 0.354 e. The SMILES string of the molecule is Cc1ccc(N(CC(=O)N(Cc2ccccc2)[C@@H](C)C(=O)NCC(C)C)S(C)(=O)=O)c(C)c1.